The molecule has 1 aliphatic heterocycles. The quantitative estimate of drug-likeness (QED) is 0.917. The van der Waals surface area contributed by atoms with Crippen LogP contribution in [0.25, 0.3) is 0 Å². The SMILES string of the molecule is Cc1cc(C)nc(Nc2cncc([C@@H]3CCCN3C3CCCC3)n2)n1. The highest BCUT2D eigenvalue weighted by atomic mass is 15.2. The van der Waals surface area contributed by atoms with Crippen LogP contribution in [-0.4, -0.2) is 37.4 Å². The van der Waals surface area contributed by atoms with Crippen LogP contribution in [0.15, 0.2) is 18.5 Å². The smallest absolute Gasteiger partial charge is 0.228 e. The second-order valence-corrected chi connectivity index (χ2v) is 7.26. The largest absolute Gasteiger partial charge is 0.307 e. The van der Waals surface area contributed by atoms with Crippen molar-refractivity contribution in [2.75, 3.05) is 11.9 Å². The van der Waals surface area contributed by atoms with Crippen LogP contribution in [0.3, 0.4) is 0 Å². The van der Waals surface area contributed by atoms with E-state index >= 15 is 0 Å². The zero-order valence-electron chi connectivity index (χ0n) is 15.1. The van der Waals surface area contributed by atoms with Gasteiger partial charge in [-0.25, -0.2) is 15.0 Å². The molecule has 1 aliphatic carbocycles. The maximum atomic E-state index is 4.84. The molecular weight excluding hydrogens is 312 g/mol. The van der Waals surface area contributed by atoms with Gasteiger partial charge in [0.2, 0.25) is 5.95 Å². The standard InChI is InChI=1S/C19H26N6/c1-13-10-14(2)22-19(21-13)24-18-12-20-11-16(23-18)17-8-5-9-25(17)15-6-3-4-7-15/h10-12,15,17H,3-9H2,1-2H3,(H,21,22,23,24)/t17-/m0/s1. The normalized spacial score (nSPS) is 21.8. The fourth-order valence-electron chi connectivity index (χ4n) is 4.28. The summed E-state index contributed by atoms with van der Waals surface area (Å²) in [6.07, 6.45) is 11.5. The summed E-state index contributed by atoms with van der Waals surface area (Å²) >= 11 is 0. The van der Waals surface area contributed by atoms with E-state index in [1.165, 1.54) is 45.1 Å². The molecule has 6 heteroatoms. The van der Waals surface area contributed by atoms with Gasteiger partial charge in [-0.05, 0) is 52.1 Å². The summed E-state index contributed by atoms with van der Waals surface area (Å²) in [5, 5.41) is 3.22. The van der Waals surface area contributed by atoms with Crippen molar-refractivity contribution in [1.29, 1.82) is 0 Å². The highest BCUT2D eigenvalue weighted by molar-refractivity contribution is 5.46. The molecule has 6 nitrogen and oxygen atoms in total. The lowest BCUT2D eigenvalue weighted by molar-refractivity contribution is 0.179. The molecule has 0 unspecified atom stereocenters. The number of anilines is 2. The first-order chi connectivity index (χ1) is 12.2. The molecule has 0 bridgehead atoms. The minimum Gasteiger partial charge on any atom is -0.307 e. The van der Waals surface area contributed by atoms with E-state index in [2.05, 4.69) is 25.2 Å². The Kier molecular flexibility index (Phi) is 4.61. The number of rotatable bonds is 4. The van der Waals surface area contributed by atoms with Crippen LogP contribution in [0.5, 0.6) is 0 Å². The lowest BCUT2D eigenvalue weighted by Gasteiger charge is -2.30. The Morgan fingerprint density at radius 1 is 0.960 bits per heavy atom. The van der Waals surface area contributed by atoms with Crippen molar-refractivity contribution in [3.63, 3.8) is 0 Å². The molecule has 1 saturated heterocycles. The van der Waals surface area contributed by atoms with Gasteiger partial charge in [-0.15, -0.1) is 0 Å². The average Bonchev–Trinajstić information content (AvgIpc) is 3.25. The molecular formula is C19H26N6. The van der Waals surface area contributed by atoms with Gasteiger partial charge in [-0.3, -0.25) is 9.88 Å². The van der Waals surface area contributed by atoms with Crippen LogP contribution in [0.2, 0.25) is 0 Å². The molecule has 2 fully saturated rings. The summed E-state index contributed by atoms with van der Waals surface area (Å²) in [5.41, 5.74) is 2.96. The molecule has 132 valence electrons. The van der Waals surface area contributed by atoms with Crippen LogP contribution in [0, 0.1) is 13.8 Å². The molecule has 0 aromatic carbocycles. The van der Waals surface area contributed by atoms with Crippen LogP contribution in [-0.2, 0) is 0 Å². The van der Waals surface area contributed by atoms with Gasteiger partial charge in [0, 0.05) is 17.4 Å². The molecule has 3 heterocycles. The monoisotopic (exact) mass is 338 g/mol. The second-order valence-electron chi connectivity index (χ2n) is 7.26. The van der Waals surface area contributed by atoms with Crippen molar-refractivity contribution < 1.29 is 0 Å². The predicted octanol–water partition coefficient (Wildman–Crippen LogP) is 3.71. The van der Waals surface area contributed by atoms with E-state index in [0.29, 0.717) is 12.0 Å². The molecule has 1 saturated carbocycles. The van der Waals surface area contributed by atoms with Gasteiger partial charge in [0.25, 0.3) is 0 Å². The number of hydrogen-bond donors (Lipinski definition) is 1. The molecule has 1 atom stereocenters. The number of hydrogen-bond acceptors (Lipinski definition) is 6. The Bertz CT molecular complexity index is 720. The Balaban J connectivity index is 1.54. The highest BCUT2D eigenvalue weighted by Crippen LogP contribution is 2.37. The van der Waals surface area contributed by atoms with E-state index in [4.69, 9.17) is 4.98 Å². The maximum Gasteiger partial charge on any atom is 0.228 e. The summed E-state index contributed by atoms with van der Waals surface area (Å²) in [6.45, 7) is 5.13. The number of likely N-dealkylation sites (tertiary alicyclic amines) is 1. The second kappa shape index (κ2) is 7.04. The van der Waals surface area contributed by atoms with E-state index < -0.39 is 0 Å². The summed E-state index contributed by atoms with van der Waals surface area (Å²) in [4.78, 5) is 20.8. The van der Waals surface area contributed by atoms with Crippen molar-refractivity contribution in [2.24, 2.45) is 0 Å². The molecule has 1 N–H and O–H groups in total. The molecule has 0 amide bonds. The van der Waals surface area contributed by atoms with Crippen molar-refractivity contribution in [1.82, 2.24) is 24.8 Å². The Hall–Kier alpha value is -2.08. The van der Waals surface area contributed by atoms with Gasteiger partial charge in [0.15, 0.2) is 5.82 Å². The minimum atomic E-state index is 0.400. The van der Waals surface area contributed by atoms with Crippen molar-refractivity contribution in [3.8, 4) is 0 Å². The maximum absolute atomic E-state index is 4.84. The van der Waals surface area contributed by atoms with E-state index in [-0.39, 0.29) is 0 Å². The predicted molar refractivity (Wildman–Crippen MR) is 97.8 cm³/mol. The first-order valence-electron chi connectivity index (χ1n) is 9.36. The summed E-state index contributed by atoms with van der Waals surface area (Å²) in [6, 6.07) is 3.09. The molecule has 4 rings (SSSR count). The molecule has 2 aromatic heterocycles. The van der Waals surface area contributed by atoms with Crippen LogP contribution in [0.1, 0.15) is 61.6 Å². The van der Waals surface area contributed by atoms with E-state index in [1.54, 1.807) is 6.20 Å². The molecule has 2 aliphatic rings. The fraction of sp³-hybridized carbons (Fsp3) is 0.579. The summed E-state index contributed by atoms with van der Waals surface area (Å²) < 4.78 is 0. The minimum absolute atomic E-state index is 0.400. The van der Waals surface area contributed by atoms with Crippen molar-refractivity contribution >= 4 is 11.8 Å². The molecule has 2 aromatic rings. The van der Waals surface area contributed by atoms with Crippen molar-refractivity contribution in [3.05, 3.63) is 35.5 Å². The van der Waals surface area contributed by atoms with E-state index in [1.807, 2.05) is 26.1 Å². The number of nitrogens with one attached hydrogen (secondary N) is 1. The van der Waals surface area contributed by atoms with Gasteiger partial charge in [0.05, 0.1) is 24.1 Å². The van der Waals surface area contributed by atoms with Crippen LogP contribution < -0.4 is 5.32 Å². The molecule has 0 spiro atoms. The van der Waals surface area contributed by atoms with E-state index in [0.717, 1.165) is 28.9 Å². The third kappa shape index (κ3) is 3.63. The highest BCUT2D eigenvalue weighted by Gasteiger charge is 2.34. The van der Waals surface area contributed by atoms with Gasteiger partial charge in [-0.1, -0.05) is 12.8 Å². The van der Waals surface area contributed by atoms with Crippen LogP contribution >= 0.6 is 0 Å². The zero-order valence-corrected chi connectivity index (χ0v) is 15.1. The third-order valence-corrected chi connectivity index (χ3v) is 5.30. The van der Waals surface area contributed by atoms with Crippen LogP contribution in [0.4, 0.5) is 11.8 Å². The van der Waals surface area contributed by atoms with Gasteiger partial charge in [0.1, 0.15) is 0 Å². The third-order valence-electron chi connectivity index (χ3n) is 5.30. The Labute approximate surface area is 149 Å². The fourth-order valence-corrected chi connectivity index (χ4v) is 4.28. The lowest BCUT2D eigenvalue weighted by atomic mass is 10.1. The average molecular weight is 338 g/mol. The summed E-state index contributed by atoms with van der Waals surface area (Å²) in [5.74, 6) is 1.31. The molecule has 25 heavy (non-hydrogen) atoms. The Morgan fingerprint density at radius 2 is 1.72 bits per heavy atom. The van der Waals surface area contributed by atoms with E-state index in [9.17, 15) is 0 Å². The van der Waals surface area contributed by atoms with Gasteiger partial charge < -0.3 is 5.32 Å². The first-order valence-corrected chi connectivity index (χ1v) is 9.36. The zero-order chi connectivity index (χ0) is 17.2. The first kappa shape index (κ1) is 16.4. The number of aromatic nitrogens is 4. The van der Waals surface area contributed by atoms with Gasteiger partial charge >= 0.3 is 0 Å². The number of aryl methyl sites for hydroxylation is 2. The van der Waals surface area contributed by atoms with Gasteiger partial charge in [-0.2, -0.15) is 0 Å². The number of nitrogens with zero attached hydrogens (tertiary/aromatic N) is 5. The Morgan fingerprint density at radius 3 is 2.48 bits per heavy atom. The molecule has 0 radical (unpaired) electrons. The lowest BCUT2D eigenvalue weighted by Crippen LogP contribution is -2.33. The summed E-state index contributed by atoms with van der Waals surface area (Å²) in [7, 11) is 0. The topological polar surface area (TPSA) is 66.8 Å². The van der Waals surface area contributed by atoms with Crippen molar-refractivity contribution in [2.45, 2.75) is 64.5 Å².